The maximum Gasteiger partial charge on any atom is 0.193 e. The molecule has 0 aromatic heterocycles. The topological polar surface area (TPSA) is 20.3 Å². The summed E-state index contributed by atoms with van der Waals surface area (Å²) in [5, 5.41) is 0. The molecule has 4 heteroatoms. The van der Waals surface area contributed by atoms with Crippen LogP contribution in [0.2, 0.25) is 0 Å². The monoisotopic (exact) mass is 225 g/mol. The zero-order valence-corrected chi connectivity index (χ0v) is 9.42. The molecule has 0 atom stereocenters. The minimum Gasteiger partial charge on any atom is -0.383 e. The molecule has 0 saturated heterocycles. The number of carbonyl (C=O) groups excluding carboxylic acids is 1. The minimum atomic E-state index is -0.710. The Morgan fingerprint density at radius 3 is 2.50 bits per heavy atom. The molecule has 16 heavy (non-hydrogen) atoms. The second-order valence-corrected chi connectivity index (χ2v) is 3.73. The second-order valence-electron chi connectivity index (χ2n) is 3.73. The molecule has 86 valence electrons. The highest BCUT2D eigenvalue weighted by molar-refractivity contribution is 6.08. The molecular formula is C12H13F2NO. The number of ketones is 1. The minimum absolute atomic E-state index is 0.240. The van der Waals surface area contributed by atoms with Gasteiger partial charge >= 0.3 is 0 Å². The lowest BCUT2D eigenvalue weighted by Crippen LogP contribution is -2.09. The fourth-order valence-electron chi connectivity index (χ4n) is 1.33. The number of carbonyl (C=O) groups is 1. The van der Waals surface area contributed by atoms with Gasteiger partial charge in [-0.1, -0.05) is 0 Å². The molecule has 0 fully saturated rings. The van der Waals surface area contributed by atoms with E-state index in [0.717, 1.165) is 18.2 Å². The van der Waals surface area contributed by atoms with Gasteiger partial charge in [0.2, 0.25) is 0 Å². The molecule has 1 rings (SSSR count). The van der Waals surface area contributed by atoms with Crippen LogP contribution in [0.25, 0.3) is 0 Å². The van der Waals surface area contributed by atoms with E-state index in [1.807, 2.05) is 0 Å². The Bertz CT molecular complexity index is 439. The summed E-state index contributed by atoms with van der Waals surface area (Å²) in [6, 6.07) is 2.84. The number of benzene rings is 1. The summed E-state index contributed by atoms with van der Waals surface area (Å²) in [5.41, 5.74) is 0.116. The summed E-state index contributed by atoms with van der Waals surface area (Å²) < 4.78 is 26.2. The SMILES string of the molecule is C/C(=C/N(C)C)C(=O)c1cc(F)ccc1F. The smallest absolute Gasteiger partial charge is 0.193 e. The third-order valence-corrected chi connectivity index (χ3v) is 1.98. The van der Waals surface area contributed by atoms with Gasteiger partial charge in [0.05, 0.1) is 5.56 Å². The molecule has 2 nitrogen and oxygen atoms in total. The van der Waals surface area contributed by atoms with Gasteiger partial charge in [-0.05, 0) is 25.1 Å². The van der Waals surface area contributed by atoms with Crippen LogP contribution in [0, 0.1) is 11.6 Å². The zero-order valence-electron chi connectivity index (χ0n) is 9.42. The molecule has 0 radical (unpaired) electrons. The predicted molar refractivity (Wildman–Crippen MR) is 58.1 cm³/mol. The van der Waals surface area contributed by atoms with Gasteiger partial charge in [0.1, 0.15) is 11.6 Å². The van der Waals surface area contributed by atoms with Crippen molar-refractivity contribution in [3.8, 4) is 0 Å². The van der Waals surface area contributed by atoms with E-state index in [9.17, 15) is 13.6 Å². The van der Waals surface area contributed by atoms with Crippen LogP contribution in [0.1, 0.15) is 17.3 Å². The van der Waals surface area contributed by atoms with Gasteiger partial charge in [0, 0.05) is 25.9 Å². The molecule has 0 saturated carbocycles. The summed E-state index contributed by atoms with van der Waals surface area (Å²) in [7, 11) is 3.50. The van der Waals surface area contributed by atoms with E-state index < -0.39 is 17.4 Å². The first-order valence-corrected chi connectivity index (χ1v) is 4.76. The van der Waals surface area contributed by atoms with Crippen molar-refractivity contribution < 1.29 is 13.6 Å². The van der Waals surface area contributed by atoms with Crippen molar-refractivity contribution in [3.63, 3.8) is 0 Å². The Kier molecular flexibility index (Phi) is 3.77. The molecule has 0 aliphatic carbocycles. The maximum atomic E-state index is 13.3. The predicted octanol–water partition coefficient (Wildman–Crippen LogP) is 2.61. The van der Waals surface area contributed by atoms with Crippen molar-refractivity contribution in [1.82, 2.24) is 4.90 Å². The van der Waals surface area contributed by atoms with Crippen molar-refractivity contribution in [2.45, 2.75) is 6.92 Å². The molecule has 0 heterocycles. The summed E-state index contributed by atoms with van der Waals surface area (Å²) in [6.07, 6.45) is 1.56. The zero-order chi connectivity index (χ0) is 12.3. The van der Waals surface area contributed by atoms with E-state index in [1.165, 1.54) is 0 Å². The van der Waals surface area contributed by atoms with Gasteiger partial charge in [-0.25, -0.2) is 8.78 Å². The number of nitrogens with zero attached hydrogens (tertiary/aromatic N) is 1. The summed E-state index contributed by atoms with van der Waals surface area (Å²) in [5.74, 6) is -1.84. The first-order valence-electron chi connectivity index (χ1n) is 4.76. The standard InChI is InChI=1S/C12H13F2NO/c1-8(7-15(2)3)12(16)10-6-9(13)4-5-11(10)14/h4-7H,1-3H3/b8-7-. The number of allylic oxidation sites excluding steroid dienone is 1. The lowest BCUT2D eigenvalue weighted by Gasteiger charge is -2.08. The van der Waals surface area contributed by atoms with Gasteiger partial charge in [0.25, 0.3) is 0 Å². The average Bonchev–Trinajstić information content (AvgIpc) is 2.19. The highest BCUT2D eigenvalue weighted by Gasteiger charge is 2.14. The second kappa shape index (κ2) is 4.88. The van der Waals surface area contributed by atoms with Gasteiger partial charge < -0.3 is 4.90 Å². The summed E-state index contributed by atoms with van der Waals surface area (Å²) in [6.45, 7) is 1.56. The van der Waals surface area contributed by atoms with E-state index in [0.29, 0.717) is 5.57 Å². The van der Waals surface area contributed by atoms with Crippen molar-refractivity contribution in [3.05, 3.63) is 47.2 Å². The van der Waals surface area contributed by atoms with Crippen LogP contribution in [0.4, 0.5) is 8.78 Å². The number of rotatable bonds is 3. The maximum absolute atomic E-state index is 13.3. The first-order chi connectivity index (χ1) is 7.41. The summed E-state index contributed by atoms with van der Waals surface area (Å²) >= 11 is 0. The van der Waals surface area contributed by atoms with Crippen molar-refractivity contribution in [1.29, 1.82) is 0 Å². The normalized spacial score (nSPS) is 11.4. The third kappa shape index (κ3) is 2.89. The van der Waals surface area contributed by atoms with Gasteiger partial charge in [0.15, 0.2) is 5.78 Å². The van der Waals surface area contributed by atoms with Crippen LogP contribution in [-0.4, -0.2) is 24.8 Å². The number of halogens is 2. The third-order valence-electron chi connectivity index (χ3n) is 1.98. The highest BCUT2D eigenvalue weighted by Crippen LogP contribution is 2.14. The van der Waals surface area contributed by atoms with E-state index in [-0.39, 0.29) is 5.56 Å². The Hall–Kier alpha value is -1.71. The fourth-order valence-corrected chi connectivity index (χ4v) is 1.33. The molecule has 0 N–H and O–H groups in total. The Labute approximate surface area is 93.2 Å². The number of Topliss-reactive ketones (excluding diaryl/α,β-unsaturated/α-hetero) is 1. The average molecular weight is 225 g/mol. The van der Waals surface area contributed by atoms with Gasteiger partial charge in [-0.3, -0.25) is 4.79 Å². The van der Waals surface area contributed by atoms with Crippen molar-refractivity contribution in [2.24, 2.45) is 0 Å². The fraction of sp³-hybridized carbons (Fsp3) is 0.250. The molecule has 0 aliphatic heterocycles. The molecule has 0 bridgehead atoms. The van der Waals surface area contributed by atoms with Crippen LogP contribution < -0.4 is 0 Å². The Balaban J connectivity index is 3.10. The lowest BCUT2D eigenvalue weighted by molar-refractivity contribution is 0.102. The van der Waals surface area contributed by atoms with E-state index >= 15 is 0 Å². The van der Waals surface area contributed by atoms with E-state index in [4.69, 9.17) is 0 Å². The Morgan fingerprint density at radius 2 is 1.94 bits per heavy atom. The number of hydrogen-bond acceptors (Lipinski definition) is 2. The molecule has 0 aliphatic rings. The van der Waals surface area contributed by atoms with Crippen LogP contribution in [-0.2, 0) is 0 Å². The summed E-state index contributed by atoms with van der Waals surface area (Å²) in [4.78, 5) is 13.4. The molecule has 0 unspecified atom stereocenters. The van der Waals surface area contributed by atoms with Crippen molar-refractivity contribution in [2.75, 3.05) is 14.1 Å². The molecule has 1 aromatic rings. The first kappa shape index (κ1) is 12.4. The molecule has 1 aromatic carbocycles. The van der Waals surface area contributed by atoms with Crippen LogP contribution in [0.3, 0.4) is 0 Å². The largest absolute Gasteiger partial charge is 0.383 e. The number of hydrogen-bond donors (Lipinski definition) is 0. The quantitative estimate of drug-likeness (QED) is 0.582. The van der Waals surface area contributed by atoms with Gasteiger partial charge in [-0.2, -0.15) is 0 Å². The van der Waals surface area contributed by atoms with Crippen LogP contribution >= 0.6 is 0 Å². The highest BCUT2D eigenvalue weighted by atomic mass is 19.1. The van der Waals surface area contributed by atoms with Gasteiger partial charge in [-0.15, -0.1) is 0 Å². The molecule has 0 spiro atoms. The molecular weight excluding hydrogens is 212 g/mol. The van der Waals surface area contributed by atoms with Crippen molar-refractivity contribution >= 4 is 5.78 Å². The van der Waals surface area contributed by atoms with E-state index in [1.54, 1.807) is 32.1 Å². The Morgan fingerprint density at radius 1 is 1.31 bits per heavy atom. The van der Waals surface area contributed by atoms with Crippen LogP contribution in [0.5, 0.6) is 0 Å². The molecule has 0 amide bonds. The van der Waals surface area contributed by atoms with E-state index in [2.05, 4.69) is 0 Å². The van der Waals surface area contributed by atoms with Crippen LogP contribution in [0.15, 0.2) is 30.0 Å². The lowest BCUT2D eigenvalue weighted by atomic mass is 10.0.